The molecule has 11 nitrogen and oxygen atoms in total. The van der Waals surface area contributed by atoms with Gasteiger partial charge in [0.2, 0.25) is 11.9 Å². The largest absolute Gasteiger partial charge is 0.495 e. The molecule has 0 radical (unpaired) electrons. The average Bonchev–Trinajstić information content (AvgIpc) is 2.99. The van der Waals surface area contributed by atoms with Gasteiger partial charge in [0.1, 0.15) is 17.1 Å². The van der Waals surface area contributed by atoms with Crippen molar-refractivity contribution in [2.75, 3.05) is 66.0 Å². The van der Waals surface area contributed by atoms with Crippen molar-refractivity contribution in [3.8, 4) is 22.6 Å². The number of benzene rings is 1. The van der Waals surface area contributed by atoms with E-state index in [-0.39, 0.29) is 33.1 Å². The summed E-state index contributed by atoms with van der Waals surface area (Å²) >= 11 is 13.4. The molecule has 42 heavy (non-hydrogen) atoms. The molecule has 0 bridgehead atoms. The van der Waals surface area contributed by atoms with E-state index < -0.39 is 0 Å². The maximum atomic E-state index is 14.2. The zero-order chi connectivity index (χ0) is 30.4. The Bertz CT molecular complexity index is 1480. The maximum absolute atomic E-state index is 14.2. The molecule has 0 spiro atoms. The van der Waals surface area contributed by atoms with Gasteiger partial charge in [-0.2, -0.15) is 4.98 Å². The van der Waals surface area contributed by atoms with Crippen molar-refractivity contribution < 1.29 is 19.0 Å². The first kappa shape index (κ1) is 31.6. The minimum absolute atomic E-state index is 0.0413. The summed E-state index contributed by atoms with van der Waals surface area (Å²) in [6.07, 6.45) is 3.68. The monoisotopic (exact) mass is 618 g/mol. The number of aryl methyl sites for hydroxylation is 1. The lowest BCUT2D eigenvalue weighted by Gasteiger charge is -2.34. The molecule has 1 saturated heterocycles. The number of aromatic nitrogens is 3. The third-order valence-electron chi connectivity index (χ3n) is 7.18. The van der Waals surface area contributed by atoms with E-state index in [2.05, 4.69) is 21.8 Å². The number of hydrogen-bond acceptors (Lipinski definition) is 9. The number of carbonyl (C=O) groups excluding carboxylic acids is 1. The van der Waals surface area contributed by atoms with Gasteiger partial charge >= 0.3 is 0 Å². The molecule has 1 aliphatic rings. The second-order valence-electron chi connectivity index (χ2n) is 10.00. The van der Waals surface area contributed by atoms with Crippen LogP contribution in [0.15, 0.2) is 35.8 Å². The quantitative estimate of drug-likeness (QED) is 0.302. The van der Waals surface area contributed by atoms with Crippen LogP contribution in [0.25, 0.3) is 22.2 Å². The molecular formula is C29H36Cl2N6O5. The number of carbonyl (C=O) groups is 1. The number of halogens is 2. The van der Waals surface area contributed by atoms with Crippen LogP contribution in [0.5, 0.6) is 11.5 Å². The van der Waals surface area contributed by atoms with Crippen LogP contribution in [-0.4, -0.2) is 96.9 Å². The number of rotatable bonds is 12. The summed E-state index contributed by atoms with van der Waals surface area (Å²) in [7, 11) is 4.59. The van der Waals surface area contributed by atoms with Crippen LogP contribution in [0.1, 0.15) is 13.3 Å². The topological polar surface area (TPSA) is 111 Å². The second kappa shape index (κ2) is 14.2. The van der Waals surface area contributed by atoms with Gasteiger partial charge in [0.05, 0.1) is 36.4 Å². The van der Waals surface area contributed by atoms with Gasteiger partial charge in [0.25, 0.3) is 5.56 Å². The lowest BCUT2D eigenvalue weighted by molar-refractivity contribution is -0.127. The zero-order valence-electron chi connectivity index (χ0n) is 24.3. The molecule has 226 valence electrons. The predicted molar refractivity (Wildman–Crippen MR) is 165 cm³/mol. The number of pyridine rings is 1. The molecule has 3 heterocycles. The number of nitrogens with one attached hydrogen (secondary N) is 1. The van der Waals surface area contributed by atoms with E-state index in [9.17, 15) is 9.59 Å². The standard InChI is InChI=1S/C29H36Cl2N6O5/c1-6-23(38)36-12-10-35(11-13-36)8-7-9-37-27-19(16-32-29(34-27)33-18(2)17-40-3)14-20(28(37)39)24-25(30)21(41-4)15-22(42-5)26(24)31/h6,14-16,18H,1,7-13,17H2,2-5H3,(H,32,33,34). The number of hydrogen-bond donors (Lipinski definition) is 1. The van der Waals surface area contributed by atoms with Crippen LogP contribution in [-0.2, 0) is 16.1 Å². The first-order chi connectivity index (χ1) is 20.2. The van der Waals surface area contributed by atoms with Crippen LogP contribution >= 0.6 is 23.2 Å². The fraction of sp³-hybridized carbons (Fsp3) is 0.448. The minimum Gasteiger partial charge on any atom is -0.495 e. The number of methoxy groups -OCH3 is 3. The third kappa shape index (κ3) is 6.81. The van der Waals surface area contributed by atoms with E-state index in [0.29, 0.717) is 66.7 Å². The van der Waals surface area contributed by atoms with E-state index in [1.807, 2.05) is 6.92 Å². The van der Waals surface area contributed by atoms with Crippen molar-refractivity contribution in [2.24, 2.45) is 0 Å². The number of nitrogens with zero attached hydrogens (tertiary/aromatic N) is 5. The molecular weight excluding hydrogens is 583 g/mol. The molecule has 1 atom stereocenters. The molecule has 1 fully saturated rings. The lowest BCUT2D eigenvalue weighted by Crippen LogP contribution is -2.48. The number of piperazine rings is 1. The molecule has 4 rings (SSSR count). The van der Waals surface area contributed by atoms with Crippen molar-refractivity contribution in [2.45, 2.75) is 25.9 Å². The van der Waals surface area contributed by atoms with E-state index in [0.717, 1.165) is 19.6 Å². The molecule has 13 heteroatoms. The Morgan fingerprint density at radius 3 is 2.36 bits per heavy atom. The first-order valence-electron chi connectivity index (χ1n) is 13.6. The molecule has 1 unspecified atom stereocenters. The van der Waals surface area contributed by atoms with Crippen LogP contribution in [0, 0.1) is 0 Å². The highest BCUT2D eigenvalue weighted by Gasteiger charge is 2.24. The van der Waals surface area contributed by atoms with Crippen LogP contribution in [0.4, 0.5) is 5.95 Å². The minimum atomic E-state index is -0.308. The number of ether oxygens (including phenoxy) is 3. The maximum Gasteiger partial charge on any atom is 0.260 e. The highest BCUT2D eigenvalue weighted by atomic mass is 35.5. The molecule has 2 aromatic heterocycles. The molecule has 0 saturated carbocycles. The highest BCUT2D eigenvalue weighted by molar-refractivity contribution is 6.41. The Morgan fingerprint density at radius 1 is 1.10 bits per heavy atom. The van der Waals surface area contributed by atoms with Crippen LogP contribution < -0.4 is 20.3 Å². The Morgan fingerprint density at radius 2 is 1.76 bits per heavy atom. The SMILES string of the molecule is C=CC(=O)N1CCN(CCCn2c(=O)c(-c3c(Cl)c(OC)cc(OC)c3Cl)cc3cnc(NC(C)COC)nc32)CC1. The summed E-state index contributed by atoms with van der Waals surface area (Å²) in [4.78, 5) is 39.3. The van der Waals surface area contributed by atoms with E-state index in [1.54, 1.807) is 34.9 Å². The Hall–Kier alpha value is -3.38. The van der Waals surface area contributed by atoms with Gasteiger partial charge in [-0.15, -0.1) is 0 Å². The van der Waals surface area contributed by atoms with Crippen molar-refractivity contribution >= 4 is 46.1 Å². The van der Waals surface area contributed by atoms with Crippen molar-refractivity contribution in [3.63, 3.8) is 0 Å². The molecule has 1 N–H and O–H groups in total. The van der Waals surface area contributed by atoms with E-state index in [1.165, 1.54) is 20.3 Å². The van der Waals surface area contributed by atoms with Gasteiger partial charge in [0.15, 0.2) is 0 Å². The van der Waals surface area contributed by atoms with Crippen LogP contribution in [0.2, 0.25) is 10.0 Å². The normalized spacial score (nSPS) is 14.6. The fourth-order valence-electron chi connectivity index (χ4n) is 5.02. The summed E-state index contributed by atoms with van der Waals surface area (Å²) in [5, 5.41) is 4.26. The molecule has 1 aliphatic heterocycles. The summed E-state index contributed by atoms with van der Waals surface area (Å²) in [5.41, 5.74) is 0.768. The number of amides is 1. The average molecular weight is 620 g/mol. The summed E-state index contributed by atoms with van der Waals surface area (Å²) in [6, 6.07) is 3.23. The molecule has 3 aromatic rings. The van der Waals surface area contributed by atoms with Gasteiger partial charge in [-0.05, 0) is 32.0 Å². The van der Waals surface area contributed by atoms with E-state index in [4.69, 9.17) is 42.4 Å². The van der Waals surface area contributed by atoms with Crippen LogP contribution in [0.3, 0.4) is 0 Å². The Kier molecular flexibility index (Phi) is 10.7. The Balaban J connectivity index is 1.73. The smallest absolute Gasteiger partial charge is 0.260 e. The lowest BCUT2D eigenvalue weighted by atomic mass is 10.0. The van der Waals surface area contributed by atoms with Gasteiger partial charge in [-0.25, -0.2) is 4.98 Å². The molecule has 0 aliphatic carbocycles. The summed E-state index contributed by atoms with van der Waals surface area (Å²) < 4.78 is 17.7. The third-order valence-corrected chi connectivity index (χ3v) is 7.93. The first-order valence-corrected chi connectivity index (χ1v) is 14.4. The fourth-order valence-corrected chi connectivity index (χ4v) is 5.73. The molecule has 1 aromatic carbocycles. The molecule has 1 amide bonds. The Labute approximate surface area is 255 Å². The van der Waals surface area contributed by atoms with Gasteiger partial charge in [-0.1, -0.05) is 29.8 Å². The number of fused-ring (bicyclic) bond motifs is 1. The van der Waals surface area contributed by atoms with Gasteiger partial charge in [0, 0.05) is 69.1 Å². The predicted octanol–water partition coefficient (Wildman–Crippen LogP) is 3.95. The number of anilines is 1. The van der Waals surface area contributed by atoms with E-state index >= 15 is 0 Å². The van der Waals surface area contributed by atoms with Gasteiger partial charge < -0.3 is 24.4 Å². The highest BCUT2D eigenvalue weighted by Crippen LogP contribution is 2.45. The van der Waals surface area contributed by atoms with Crippen molar-refractivity contribution in [1.82, 2.24) is 24.3 Å². The summed E-state index contributed by atoms with van der Waals surface area (Å²) in [6.45, 7) is 9.89. The second-order valence-corrected chi connectivity index (χ2v) is 10.8. The zero-order valence-corrected chi connectivity index (χ0v) is 25.8. The van der Waals surface area contributed by atoms with Gasteiger partial charge in [-0.3, -0.25) is 19.1 Å². The summed E-state index contributed by atoms with van der Waals surface area (Å²) in [5.74, 6) is 0.988. The van der Waals surface area contributed by atoms with Crippen molar-refractivity contribution in [3.05, 3.63) is 51.4 Å². The van der Waals surface area contributed by atoms with Crippen molar-refractivity contribution in [1.29, 1.82) is 0 Å².